The molecule has 1 aromatic rings. The maximum Gasteiger partial charge on any atom is 0.115 e. The zero-order valence-corrected chi connectivity index (χ0v) is 9.64. The second-order valence-electron chi connectivity index (χ2n) is 4.64. The lowest BCUT2D eigenvalue weighted by Gasteiger charge is -2.33. The molecule has 0 radical (unpaired) electrons. The number of hydrogen-bond donors (Lipinski definition) is 1. The van der Waals surface area contributed by atoms with Gasteiger partial charge in [0.05, 0.1) is 6.10 Å². The Bertz CT molecular complexity index is 295. The van der Waals surface area contributed by atoms with Gasteiger partial charge < -0.3 is 9.84 Å². The minimum atomic E-state index is -0.698. The molecule has 0 amide bonds. The molecular formula is C11H18N2O2. The molecule has 0 aliphatic heterocycles. The molecule has 84 valence electrons. The molecule has 0 saturated heterocycles. The van der Waals surface area contributed by atoms with Crippen LogP contribution in [0.1, 0.15) is 32.4 Å². The van der Waals surface area contributed by atoms with Crippen molar-refractivity contribution in [3.63, 3.8) is 0 Å². The van der Waals surface area contributed by atoms with Gasteiger partial charge in [0.15, 0.2) is 0 Å². The van der Waals surface area contributed by atoms with Crippen molar-refractivity contribution in [1.82, 2.24) is 9.97 Å². The predicted molar refractivity (Wildman–Crippen MR) is 57.2 cm³/mol. The van der Waals surface area contributed by atoms with Gasteiger partial charge in [-0.15, -0.1) is 0 Å². The second kappa shape index (κ2) is 4.68. The zero-order valence-electron chi connectivity index (χ0n) is 9.64. The van der Waals surface area contributed by atoms with Crippen LogP contribution in [0.4, 0.5) is 0 Å². The fourth-order valence-electron chi connectivity index (χ4n) is 1.59. The first-order valence-corrected chi connectivity index (χ1v) is 4.92. The van der Waals surface area contributed by atoms with Crippen LogP contribution in [0.25, 0.3) is 0 Å². The third kappa shape index (κ3) is 2.97. The van der Waals surface area contributed by atoms with Gasteiger partial charge in [-0.3, -0.25) is 0 Å². The summed E-state index contributed by atoms with van der Waals surface area (Å²) in [6.07, 6.45) is 3.68. The van der Waals surface area contributed by atoms with E-state index in [0.29, 0.717) is 5.56 Å². The van der Waals surface area contributed by atoms with E-state index in [4.69, 9.17) is 4.74 Å². The van der Waals surface area contributed by atoms with Crippen LogP contribution in [-0.4, -0.2) is 28.3 Å². The van der Waals surface area contributed by atoms with Crippen molar-refractivity contribution < 1.29 is 9.84 Å². The van der Waals surface area contributed by atoms with E-state index in [-0.39, 0.29) is 11.5 Å². The molecule has 2 unspecified atom stereocenters. The van der Waals surface area contributed by atoms with Crippen molar-refractivity contribution in [2.45, 2.75) is 33.0 Å². The fraction of sp³-hybridized carbons (Fsp3) is 0.636. The molecule has 0 bridgehead atoms. The maximum atomic E-state index is 10.1. The van der Waals surface area contributed by atoms with Crippen molar-refractivity contribution in [3.05, 3.63) is 24.3 Å². The minimum absolute atomic E-state index is 0.135. The van der Waals surface area contributed by atoms with Gasteiger partial charge in [-0.25, -0.2) is 9.97 Å². The van der Waals surface area contributed by atoms with E-state index in [1.807, 2.05) is 20.8 Å². The van der Waals surface area contributed by atoms with Gasteiger partial charge in [0.2, 0.25) is 0 Å². The molecule has 4 nitrogen and oxygen atoms in total. The summed E-state index contributed by atoms with van der Waals surface area (Å²) < 4.78 is 5.33. The van der Waals surface area contributed by atoms with Crippen LogP contribution in [0.15, 0.2) is 18.7 Å². The highest BCUT2D eigenvalue weighted by Gasteiger charge is 2.32. The Labute approximate surface area is 90.3 Å². The van der Waals surface area contributed by atoms with Crippen molar-refractivity contribution in [1.29, 1.82) is 0 Å². The first-order chi connectivity index (χ1) is 6.96. The molecule has 0 spiro atoms. The number of hydrogen-bond acceptors (Lipinski definition) is 4. The molecular weight excluding hydrogens is 192 g/mol. The average molecular weight is 210 g/mol. The van der Waals surface area contributed by atoms with Crippen molar-refractivity contribution in [2.75, 3.05) is 7.11 Å². The van der Waals surface area contributed by atoms with Gasteiger partial charge in [0.1, 0.15) is 12.4 Å². The monoisotopic (exact) mass is 210 g/mol. The molecule has 15 heavy (non-hydrogen) atoms. The summed E-state index contributed by atoms with van der Waals surface area (Å²) in [5, 5.41) is 10.1. The lowest BCUT2D eigenvalue weighted by atomic mass is 9.84. The quantitative estimate of drug-likeness (QED) is 0.822. The maximum absolute atomic E-state index is 10.1. The number of rotatable bonds is 3. The third-order valence-corrected chi connectivity index (χ3v) is 2.32. The van der Waals surface area contributed by atoms with E-state index in [9.17, 15) is 5.11 Å². The van der Waals surface area contributed by atoms with Crippen LogP contribution in [0.2, 0.25) is 0 Å². The number of methoxy groups -OCH3 is 1. The summed E-state index contributed by atoms with van der Waals surface area (Å²) in [6, 6.07) is 0. The van der Waals surface area contributed by atoms with Gasteiger partial charge in [-0.2, -0.15) is 0 Å². The predicted octanol–water partition coefficient (Wildman–Crippen LogP) is 1.57. The molecule has 0 saturated carbocycles. The van der Waals surface area contributed by atoms with Crippen molar-refractivity contribution in [2.24, 2.45) is 5.41 Å². The number of ether oxygens (including phenoxy) is 1. The van der Waals surface area contributed by atoms with Crippen LogP contribution >= 0.6 is 0 Å². The lowest BCUT2D eigenvalue weighted by molar-refractivity contribution is -0.0726. The molecule has 1 heterocycles. The van der Waals surface area contributed by atoms with E-state index in [1.165, 1.54) is 6.33 Å². The summed E-state index contributed by atoms with van der Waals surface area (Å²) in [6.45, 7) is 6.07. The van der Waals surface area contributed by atoms with Crippen molar-refractivity contribution in [3.8, 4) is 0 Å². The average Bonchev–Trinajstić information content (AvgIpc) is 2.18. The summed E-state index contributed by atoms with van der Waals surface area (Å²) in [5.74, 6) is 0. The van der Waals surface area contributed by atoms with Gasteiger partial charge in [0.25, 0.3) is 0 Å². The van der Waals surface area contributed by atoms with Crippen LogP contribution in [0.5, 0.6) is 0 Å². The molecule has 1 rings (SSSR count). The van der Waals surface area contributed by atoms with Gasteiger partial charge in [-0.1, -0.05) is 20.8 Å². The van der Waals surface area contributed by atoms with Crippen LogP contribution in [0, 0.1) is 5.41 Å². The van der Waals surface area contributed by atoms with E-state index in [0.717, 1.165) is 0 Å². The number of nitrogens with zero attached hydrogens (tertiary/aromatic N) is 2. The molecule has 4 heteroatoms. The highest BCUT2D eigenvalue weighted by molar-refractivity contribution is 5.09. The van der Waals surface area contributed by atoms with E-state index >= 15 is 0 Å². The topological polar surface area (TPSA) is 55.2 Å². The molecule has 0 aliphatic carbocycles. The van der Waals surface area contributed by atoms with E-state index in [1.54, 1.807) is 19.5 Å². The molecule has 1 N–H and O–H groups in total. The smallest absolute Gasteiger partial charge is 0.115 e. The Kier molecular flexibility index (Phi) is 3.77. The van der Waals surface area contributed by atoms with Crippen LogP contribution < -0.4 is 0 Å². The molecule has 0 aromatic carbocycles. The Morgan fingerprint density at radius 3 is 2.20 bits per heavy atom. The molecule has 0 fully saturated rings. The van der Waals surface area contributed by atoms with Crippen LogP contribution in [0.3, 0.4) is 0 Å². The fourth-order valence-corrected chi connectivity index (χ4v) is 1.59. The minimum Gasteiger partial charge on any atom is -0.386 e. The normalized spacial score (nSPS) is 16.1. The van der Waals surface area contributed by atoms with Gasteiger partial charge in [0, 0.05) is 25.1 Å². The summed E-state index contributed by atoms with van der Waals surface area (Å²) >= 11 is 0. The number of aliphatic hydroxyl groups is 1. The van der Waals surface area contributed by atoms with Crippen molar-refractivity contribution >= 4 is 0 Å². The first kappa shape index (κ1) is 12.1. The summed E-state index contributed by atoms with van der Waals surface area (Å²) in [4.78, 5) is 7.76. The largest absolute Gasteiger partial charge is 0.386 e. The summed E-state index contributed by atoms with van der Waals surface area (Å²) in [7, 11) is 1.60. The summed E-state index contributed by atoms with van der Waals surface area (Å²) in [5.41, 5.74) is 0.545. The van der Waals surface area contributed by atoms with Gasteiger partial charge in [-0.05, 0) is 5.41 Å². The van der Waals surface area contributed by atoms with E-state index < -0.39 is 6.10 Å². The standard InChI is InChI=1S/C11H18N2O2/c1-11(2,3)10(15-4)9(14)8-5-12-7-13-6-8/h5-7,9-10,14H,1-4H3. The lowest BCUT2D eigenvalue weighted by Crippen LogP contribution is -2.34. The second-order valence-corrected chi connectivity index (χ2v) is 4.64. The Morgan fingerprint density at radius 1 is 1.27 bits per heavy atom. The molecule has 2 atom stereocenters. The highest BCUT2D eigenvalue weighted by Crippen LogP contribution is 2.31. The SMILES string of the molecule is COC(C(O)c1cncnc1)C(C)(C)C. The Morgan fingerprint density at radius 2 is 1.80 bits per heavy atom. The number of aliphatic hydroxyl groups excluding tert-OH is 1. The zero-order chi connectivity index (χ0) is 11.5. The van der Waals surface area contributed by atoms with E-state index in [2.05, 4.69) is 9.97 Å². The number of aromatic nitrogens is 2. The first-order valence-electron chi connectivity index (χ1n) is 4.92. The van der Waals surface area contributed by atoms with Gasteiger partial charge >= 0.3 is 0 Å². The highest BCUT2D eigenvalue weighted by atomic mass is 16.5. The Hall–Kier alpha value is -1.00. The molecule has 1 aromatic heterocycles. The third-order valence-electron chi connectivity index (χ3n) is 2.32. The van der Waals surface area contributed by atoms with Crippen LogP contribution in [-0.2, 0) is 4.74 Å². The molecule has 0 aliphatic rings. The Balaban J connectivity index is 2.88.